The highest BCUT2D eigenvalue weighted by Crippen LogP contribution is 2.13. The first-order valence-electron chi connectivity index (χ1n) is 5.40. The molecule has 5 heteroatoms. The van der Waals surface area contributed by atoms with Crippen LogP contribution in [0.1, 0.15) is 23.4 Å². The van der Waals surface area contributed by atoms with Crippen molar-refractivity contribution in [3.05, 3.63) is 17.0 Å². The van der Waals surface area contributed by atoms with Gasteiger partial charge in [0.1, 0.15) is 0 Å². The van der Waals surface area contributed by atoms with Crippen LogP contribution in [0.25, 0.3) is 0 Å². The highest BCUT2D eigenvalue weighted by molar-refractivity contribution is 5.68. The van der Waals surface area contributed by atoms with Crippen molar-refractivity contribution in [2.45, 2.75) is 33.2 Å². The quantitative estimate of drug-likeness (QED) is 0.743. The number of nitrogens with zero attached hydrogens (tertiary/aromatic N) is 2. The van der Waals surface area contributed by atoms with Crippen LogP contribution in [0.15, 0.2) is 0 Å². The second kappa shape index (κ2) is 5.65. The second-order valence-corrected chi connectivity index (χ2v) is 3.74. The van der Waals surface area contributed by atoms with Crippen LogP contribution < -0.4 is 5.73 Å². The van der Waals surface area contributed by atoms with E-state index in [0.29, 0.717) is 19.5 Å². The molecule has 0 spiro atoms. The van der Waals surface area contributed by atoms with Crippen LogP contribution in [-0.2, 0) is 22.5 Å². The number of carbonyl (C=O) groups is 1. The molecule has 5 nitrogen and oxygen atoms in total. The predicted molar refractivity (Wildman–Crippen MR) is 61.1 cm³/mol. The molecule has 0 saturated heterocycles. The topological polar surface area (TPSA) is 70.1 Å². The lowest BCUT2D eigenvalue weighted by Crippen LogP contribution is -2.10. The van der Waals surface area contributed by atoms with Crippen molar-refractivity contribution in [2.75, 3.05) is 13.7 Å². The molecule has 2 N–H and O–H groups in total. The van der Waals surface area contributed by atoms with Crippen molar-refractivity contribution >= 4 is 5.97 Å². The van der Waals surface area contributed by atoms with E-state index in [0.717, 1.165) is 17.8 Å². The van der Waals surface area contributed by atoms with E-state index in [4.69, 9.17) is 5.73 Å². The first kappa shape index (κ1) is 12.7. The first-order valence-corrected chi connectivity index (χ1v) is 5.40. The normalized spacial score (nSPS) is 10.5. The van der Waals surface area contributed by atoms with Crippen LogP contribution in [0.5, 0.6) is 0 Å². The summed E-state index contributed by atoms with van der Waals surface area (Å²) in [6.07, 6.45) is 1.18. The number of hydrogen-bond donors (Lipinski definition) is 1. The fourth-order valence-electron chi connectivity index (χ4n) is 1.76. The molecule has 0 saturated carbocycles. The lowest BCUT2D eigenvalue weighted by atomic mass is 10.1. The molecule has 0 aliphatic heterocycles. The van der Waals surface area contributed by atoms with Gasteiger partial charge in [-0.1, -0.05) is 0 Å². The van der Waals surface area contributed by atoms with Crippen LogP contribution in [0.2, 0.25) is 0 Å². The minimum absolute atomic E-state index is 0.215. The minimum atomic E-state index is -0.215. The Morgan fingerprint density at radius 3 is 2.75 bits per heavy atom. The Labute approximate surface area is 95.6 Å². The van der Waals surface area contributed by atoms with E-state index in [1.807, 2.05) is 18.5 Å². The number of aromatic nitrogens is 2. The standard InChI is InChI=1S/C11H19N3O2/c1-8-10(4-6-12)9(2)14(13-8)7-5-11(15)16-3/h4-7,12H2,1-3H3. The molecular formula is C11H19N3O2. The molecule has 0 amide bonds. The largest absolute Gasteiger partial charge is 0.469 e. The number of methoxy groups -OCH3 is 1. The average molecular weight is 225 g/mol. The first-order chi connectivity index (χ1) is 7.60. The van der Waals surface area contributed by atoms with Gasteiger partial charge in [0.25, 0.3) is 0 Å². The molecule has 90 valence electrons. The summed E-state index contributed by atoms with van der Waals surface area (Å²) >= 11 is 0. The van der Waals surface area contributed by atoms with Gasteiger partial charge in [0.05, 0.1) is 25.8 Å². The van der Waals surface area contributed by atoms with E-state index >= 15 is 0 Å². The Morgan fingerprint density at radius 1 is 1.50 bits per heavy atom. The van der Waals surface area contributed by atoms with Gasteiger partial charge in [-0.2, -0.15) is 5.10 Å². The number of carbonyl (C=O) groups excluding carboxylic acids is 1. The summed E-state index contributed by atoms with van der Waals surface area (Å²) < 4.78 is 6.44. The van der Waals surface area contributed by atoms with Crippen LogP contribution in [0.4, 0.5) is 0 Å². The Hall–Kier alpha value is -1.36. The van der Waals surface area contributed by atoms with Gasteiger partial charge in [0.2, 0.25) is 0 Å². The molecule has 1 aromatic heterocycles. The molecule has 1 aromatic rings. The second-order valence-electron chi connectivity index (χ2n) is 3.74. The van der Waals surface area contributed by atoms with Crippen molar-refractivity contribution in [1.82, 2.24) is 9.78 Å². The summed E-state index contributed by atoms with van der Waals surface area (Å²) in [6.45, 7) is 5.14. The van der Waals surface area contributed by atoms with Gasteiger partial charge in [-0.15, -0.1) is 0 Å². The number of aryl methyl sites for hydroxylation is 2. The molecule has 0 fully saturated rings. The maximum atomic E-state index is 11.0. The smallest absolute Gasteiger partial charge is 0.307 e. The minimum Gasteiger partial charge on any atom is -0.469 e. The molecule has 0 radical (unpaired) electrons. The summed E-state index contributed by atoms with van der Waals surface area (Å²) in [5.41, 5.74) is 8.81. The Bertz CT molecular complexity index is 372. The summed E-state index contributed by atoms with van der Waals surface area (Å²) in [6, 6.07) is 0. The molecule has 0 aliphatic rings. The van der Waals surface area contributed by atoms with Crippen molar-refractivity contribution in [3.63, 3.8) is 0 Å². The zero-order valence-electron chi connectivity index (χ0n) is 10.1. The van der Waals surface area contributed by atoms with E-state index in [-0.39, 0.29) is 5.97 Å². The maximum absolute atomic E-state index is 11.0. The van der Waals surface area contributed by atoms with Crippen molar-refractivity contribution in [1.29, 1.82) is 0 Å². The Morgan fingerprint density at radius 2 is 2.19 bits per heavy atom. The molecule has 1 heterocycles. The van der Waals surface area contributed by atoms with E-state index in [9.17, 15) is 4.79 Å². The van der Waals surface area contributed by atoms with Crippen LogP contribution >= 0.6 is 0 Å². The number of hydrogen-bond acceptors (Lipinski definition) is 4. The van der Waals surface area contributed by atoms with Gasteiger partial charge >= 0.3 is 5.97 Å². The lowest BCUT2D eigenvalue weighted by Gasteiger charge is -2.04. The average Bonchev–Trinajstić information content (AvgIpc) is 2.54. The van der Waals surface area contributed by atoms with Crippen LogP contribution in [0.3, 0.4) is 0 Å². The van der Waals surface area contributed by atoms with Crippen molar-refractivity contribution in [3.8, 4) is 0 Å². The molecule has 0 bridgehead atoms. The highest BCUT2D eigenvalue weighted by atomic mass is 16.5. The van der Waals surface area contributed by atoms with Gasteiger partial charge in [0.15, 0.2) is 0 Å². The van der Waals surface area contributed by atoms with Gasteiger partial charge in [-0.3, -0.25) is 9.48 Å². The summed E-state index contributed by atoms with van der Waals surface area (Å²) in [7, 11) is 1.39. The molecule has 16 heavy (non-hydrogen) atoms. The number of nitrogens with two attached hydrogens (primary N) is 1. The summed E-state index contributed by atoms with van der Waals surface area (Å²) in [5, 5.41) is 4.39. The number of rotatable bonds is 5. The molecule has 1 rings (SSSR count). The zero-order valence-corrected chi connectivity index (χ0v) is 10.1. The van der Waals surface area contributed by atoms with Crippen LogP contribution in [0, 0.1) is 13.8 Å². The van der Waals surface area contributed by atoms with E-state index in [1.165, 1.54) is 12.7 Å². The molecule has 0 aromatic carbocycles. The van der Waals surface area contributed by atoms with E-state index in [1.54, 1.807) is 0 Å². The monoisotopic (exact) mass is 225 g/mol. The summed E-state index contributed by atoms with van der Waals surface area (Å²) in [5.74, 6) is -0.215. The SMILES string of the molecule is COC(=O)CCn1nc(C)c(CCN)c1C. The third-order valence-electron chi connectivity index (χ3n) is 2.68. The summed E-state index contributed by atoms with van der Waals surface area (Å²) in [4.78, 5) is 11.0. The fourth-order valence-corrected chi connectivity index (χ4v) is 1.76. The molecule has 0 atom stereocenters. The molecule has 0 unspecified atom stereocenters. The Balaban J connectivity index is 2.74. The van der Waals surface area contributed by atoms with Gasteiger partial charge in [-0.05, 0) is 32.4 Å². The van der Waals surface area contributed by atoms with Crippen molar-refractivity contribution in [2.24, 2.45) is 5.73 Å². The van der Waals surface area contributed by atoms with Gasteiger partial charge < -0.3 is 10.5 Å². The Kier molecular flexibility index (Phi) is 4.49. The zero-order chi connectivity index (χ0) is 12.1. The van der Waals surface area contributed by atoms with Gasteiger partial charge in [-0.25, -0.2) is 0 Å². The maximum Gasteiger partial charge on any atom is 0.307 e. The number of esters is 1. The molecular weight excluding hydrogens is 206 g/mol. The third-order valence-corrected chi connectivity index (χ3v) is 2.68. The molecule has 0 aliphatic carbocycles. The van der Waals surface area contributed by atoms with E-state index < -0.39 is 0 Å². The fraction of sp³-hybridized carbons (Fsp3) is 0.636. The van der Waals surface area contributed by atoms with Crippen molar-refractivity contribution < 1.29 is 9.53 Å². The van der Waals surface area contributed by atoms with Crippen LogP contribution in [-0.4, -0.2) is 29.4 Å². The third kappa shape index (κ3) is 2.82. The lowest BCUT2D eigenvalue weighted by molar-refractivity contribution is -0.140. The highest BCUT2D eigenvalue weighted by Gasteiger charge is 2.11. The predicted octanol–water partition coefficient (Wildman–Crippen LogP) is 0.564. The number of ether oxygens (including phenoxy) is 1. The van der Waals surface area contributed by atoms with E-state index in [2.05, 4.69) is 9.84 Å². The van der Waals surface area contributed by atoms with Gasteiger partial charge in [0, 0.05) is 5.69 Å².